The van der Waals surface area contributed by atoms with Crippen molar-refractivity contribution in [1.29, 1.82) is 0 Å². The molecule has 54 heavy (non-hydrogen) atoms. The van der Waals surface area contributed by atoms with Crippen LogP contribution in [0.15, 0.2) is 72.8 Å². The molecule has 2 aliphatic heterocycles. The number of carbonyl (C=O) groups is 2. The van der Waals surface area contributed by atoms with Gasteiger partial charge in [0.05, 0.1) is 57.6 Å². The van der Waals surface area contributed by atoms with Crippen LogP contribution in [0.5, 0.6) is 0 Å². The van der Waals surface area contributed by atoms with E-state index in [9.17, 15) is 4.79 Å². The Balaban J connectivity index is 1.29. The van der Waals surface area contributed by atoms with Gasteiger partial charge in [-0.2, -0.15) is 0 Å². The van der Waals surface area contributed by atoms with Gasteiger partial charge in [0.1, 0.15) is 0 Å². The van der Waals surface area contributed by atoms with Crippen LogP contribution in [0.1, 0.15) is 44.7 Å². The van der Waals surface area contributed by atoms with E-state index in [0.717, 1.165) is 100 Å². The predicted octanol–water partition coefficient (Wildman–Crippen LogP) is 8.27. The van der Waals surface area contributed by atoms with Crippen molar-refractivity contribution in [3.8, 4) is 0 Å². The standard InChI is InChI=1S/C42H48Cl4N4O4/c43-36-11-7-31(29-38(36)45)13-19-49(17-3-15-47-21-25-53-26-22-47)41(51)35-10-9-33-5-1-2-6-34(33)40(35)42(52)50(18-4-16-48-23-27-54-28-24-48)20-14-32-8-12-37(44)39(46)30-32/h1-2,5-12,29-30H,3-4,13-28H2. The van der Waals surface area contributed by atoms with E-state index in [2.05, 4.69) is 9.80 Å². The predicted molar refractivity (Wildman–Crippen MR) is 220 cm³/mol. The first-order valence-electron chi connectivity index (χ1n) is 18.8. The van der Waals surface area contributed by atoms with Crippen molar-refractivity contribution < 1.29 is 19.1 Å². The van der Waals surface area contributed by atoms with Crippen molar-refractivity contribution in [3.05, 3.63) is 115 Å². The number of halogens is 4. The first-order chi connectivity index (χ1) is 26.3. The number of nitrogens with zero attached hydrogens (tertiary/aromatic N) is 4. The molecule has 8 nitrogen and oxygen atoms in total. The van der Waals surface area contributed by atoms with E-state index >= 15 is 4.79 Å². The Morgan fingerprint density at radius 2 is 1.07 bits per heavy atom. The molecule has 0 aromatic heterocycles. The van der Waals surface area contributed by atoms with Crippen molar-refractivity contribution in [2.75, 3.05) is 91.9 Å². The molecule has 0 saturated carbocycles. The maximum absolute atomic E-state index is 15.0. The van der Waals surface area contributed by atoms with E-state index in [1.165, 1.54) is 0 Å². The Morgan fingerprint density at radius 3 is 1.59 bits per heavy atom. The first-order valence-corrected chi connectivity index (χ1v) is 20.4. The molecule has 2 saturated heterocycles. The highest BCUT2D eigenvalue weighted by atomic mass is 35.5. The fourth-order valence-corrected chi connectivity index (χ4v) is 7.82. The average molecular weight is 815 g/mol. The monoisotopic (exact) mass is 812 g/mol. The van der Waals surface area contributed by atoms with Crippen LogP contribution in [0.25, 0.3) is 10.8 Å². The zero-order chi connectivity index (χ0) is 37.9. The second kappa shape index (κ2) is 20.3. The highest BCUT2D eigenvalue weighted by molar-refractivity contribution is 6.42. The number of hydrogen-bond acceptors (Lipinski definition) is 6. The van der Waals surface area contributed by atoms with Gasteiger partial charge in [0, 0.05) is 65.4 Å². The van der Waals surface area contributed by atoms with Gasteiger partial charge in [0.15, 0.2) is 0 Å². The summed E-state index contributed by atoms with van der Waals surface area (Å²) in [5.41, 5.74) is 2.82. The number of benzene rings is 4. The van der Waals surface area contributed by atoms with E-state index in [-0.39, 0.29) is 11.8 Å². The number of amides is 2. The Kier molecular flexibility index (Phi) is 15.3. The van der Waals surface area contributed by atoms with Crippen molar-refractivity contribution in [2.24, 2.45) is 0 Å². The summed E-state index contributed by atoms with van der Waals surface area (Å²) < 4.78 is 11.1. The van der Waals surface area contributed by atoms with Gasteiger partial charge in [0.25, 0.3) is 11.8 Å². The Morgan fingerprint density at radius 1 is 0.574 bits per heavy atom. The fraction of sp³-hybridized carbons (Fsp3) is 0.429. The highest BCUT2D eigenvalue weighted by Gasteiger charge is 2.28. The largest absolute Gasteiger partial charge is 0.379 e. The van der Waals surface area contributed by atoms with Crippen molar-refractivity contribution in [1.82, 2.24) is 19.6 Å². The molecule has 0 N–H and O–H groups in total. The van der Waals surface area contributed by atoms with E-state index in [1.54, 1.807) is 12.1 Å². The fourth-order valence-electron chi connectivity index (χ4n) is 7.18. The summed E-state index contributed by atoms with van der Waals surface area (Å²) in [7, 11) is 0. The van der Waals surface area contributed by atoms with Crippen LogP contribution in [0.2, 0.25) is 20.1 Å². The molecule has 0 aliphatic carbocycles. The van der Waals surface area contributed by atoms with Crippen LogP contribution in [0.4, 0.5) is 0 Å². The van der Waals surface area contributed by atoms with Crippen LogP contribution in [-0.4, -0.2) is 123 Å². The molecule has 2 heterocycles. The minimum Gasteiger partial charge on any atom is -0.379 e. The number of morpholine rings is 2. The number of fused-ring (bicyclic) bond motifs is 1. The lowest BCUT2D eigenvalue weighted by atomic mass is 9.96. The topological polar surface area (TPSA) is 65.6 Å². The quantitative estimate of drug-likeness (QED) is 0.114. The number of carbonyl (C=O) groups excluding carboxylic acids is 2. The second-order valence-electron chi connectivity index (χ2n) is 13.9. The van der Waals surface area contributed by atoms with Crippen LogP contribution < -0.4 is 0 Å². The molecule has 0 spiro atoms. The molecule has 2 aliphatic rings. The summed E-state index contributed by atoms with van der Waals surface area (Å²) in [6.07, 6.45) is 2.76. The van der Waals surface area contributed by atoms with Crippen LogP contribution in [0, 0.1) is 0 Å². The van der Waals surface area contributed by atoms with E-state index in [4.69, 9.17) is 55.9 Å². The summed E-state index contributed by atoms with van der Waals surface area (Å²) >= 11 is 25.2. The highest BCUT2D eigenvalue weighted by Crippen LogP contribution is 2.28. The summed E-state index contributed by atoms with van der Waals surface area (Å²) in [5, 5.41) is 3.62. The zero-order valence-corrected chi connectivity index (χ0v) is 33.6. The third kappa shape index (κ3) is 11.1. The summed E-state index contributed by atoms with van der Waals surface area (Å²) in [6.45, 7) is 10.1. The third-order valence-corrected chi connectivity index (χ3v) is 11.7. The zero-order valence-electron chi connectivity index (χ0n) is 30.6. The van der Waals surface area contributed by atoms with Crippen molar-refractivity contribution >= 4 is 69.0 Å². The van der Waals surface area contributed by atoms with Gasteiger partial charge in [-0.05, 0) is 77.9 Å². The van der Waals surface area contributed by atoms with Gasteiger partial charge in [-0.3, -0.25) is 19.4 Å². The van der Waals surface area contributed by atoms with Gasteiger partial charge >= 0.3 is 0 Å². The molecule has 0 unspecified atom stereocenters. The van der Waals surface area contributed by atoms with Gasteiger partial charge in [0.2, 0.25) is 0 Å². The molecule has 2 amide bonds. The molecule has 2 fully saturated rings. The molecule has 4 aromatic carbocycles. The van der Waals surface area contributed by atoms with Gasteiger partial charge in [-0.15, -0.1) is 0 Å². The van der Waals surface area contributed by atoms with E-state index < -0.39 is 0 Å². The molecule has 6 rings (SSSR count). The summed E-state index contributed by atoms with van der Waals surface area (Å²) in [5.74, 6) is -0.321. The van der Waals surface area contributed by atoms with Crippen LogP contribution >= 0.6 is 46.4 Å². The lowest BCUT2D eigenvalue weighted by molar-refractivity contribution is 0.0356. The van der Waals surface area contributed by atoms with E-state index in [0.29, 0.717) is 70.2 Å². The Labute approximate surface area is 338 Å². The summed E-state index contributed by atoms with van der Waals surface area (Å²) in [6, 6.07) is 22.8. The number of ether oxygens (including phenoxy) is 2. The third-order valence-electron chi connectivity index (χ3n) is 10.3. The van der Waals surface area contributed by atoms with E-state index in [1.807, 2.05) is 70.5 Å². The first kappa shape index (κ1) is 40.7. The lowest BCUT2D eigenvalue weighted by Crippen LogP contribution is -2.41. The Bertz CT molecular complexity index is 1880. The normalized spacial score (nSPS) is 15.4. The van der Waals surface area contributed by atoms with Crippen LogP contribution in [0.3, 0.4) is 0 Å². The Hall–Kier alpha value is -2.92. The number of rotatable bonds is 16. The smallest absolute Gasteiger partial charge is 0.255 e. The molecular weight excluding hydrogens is 766 g/mol. The molecule has 4 aromatic rings. The lowest BCUT2D eigenvalue weighted by Gasteiger charge is -2.30. The van der Waals surface area contributed by atoms with Gasteiger partial charge in [-0.25, -0.2) is 0 Å². The molecule has 0 bridgehead atoms. The maximum Gasteiger partial charge on any atom is 0.255 e. The number of hydrogen-bond donors (Lipinski definition) is 0. The SMILES string of the molecule is O=C(c1ccc2ccccc2c1C(=O)N(CCCN1CCOCC1)CCc1ccc(Cl)c(Cl)c1)N(CCCN1CCOCC1)CCc1ccc(Cl)c(Cl)c1. The molecule has 288 valence electrons. The second-order valence-corrected chi connectivity index (χ2v) is 15.5. The molecule has 0 atom stereocenters. The minimum atomic E-state index is -0.163. The average Bonchev–Trinajstić information content (AvgIpc) is 3.20. The molecule has 0 radical (unpaired) electrons. The molecular formula is C42H48Cl4N4O4. The van der Waals surface area contributed by atoms with Gasteiger partial charge < -0.3 is 19.3 Å². The summed E-state index contributed by atoms with van der Waals surface area (Å²) in [4.78, 5) is 38.4. The molecule has 12 heteroatoms. The minimum absolute atomic E-state index is 0.157. The van der Waals surface area contributed by atoms with Crippen LogP contribution in [-0.2, 0) is 22.3 Å². The van der Waals surface area contributed by atoms with Crippen molar-refractivity contribution in [2.45, 2.75) is 25.7 Å². The van der Waals surface area contributed by atoms with Crippen molar-refractivity contribution in [3.63, 3.8) is 0 Å². The maximum atomic E-state index is 15.0. The van der Waals surface area contributed by atoms with Gasteiger partial charge in [-0.1, -0.05) is 88.9 Å².